The summed E-state index contributed by atoms with van der Waals surface area (Å²) in [4.78, 5) is 11.7. The van der Waals surface area contributed by atoms with E-state index in [1.54, 1.807) is 13.2 Å². The quantitative estimate of drug-likeness (QED) is 0.548. The molecule has 0 atom stereocenters. The molecule has 5 nitrogen and oxygen atoms in total. The van der Waals surface area contributed by atoms with Crippen molar-refractivity contribution in [2.45, 2.75) is 0 Å². The predicted octanol–water partition coefficient (Wildman–Crippen LogP) is 3.75. The second-order valence-electron chi connectivity index (χ2n) is 4.40. The van der Waals surface area contributed by atoms with Gasteiger partial charge in [-0.2, -0.15) is 5.10 Å². The fourth-order valence-corrected chi connectivity index (χ4v) is 2.50. The fourth-order valence-electron chi connectivity index (χ4n) is 1.72. The summed E-state index contributed by atoms with van der Waals surface area (Å²) in [7, 11) is 1.57. The highest BCUT2D eigenvalue weighted by molar-refractivity contribution is 9.10. The van der Waals surface area contributed by atoms with E-state index in [1.807, 2.05) is 36.4 Å². The predicted molar refractivity (Wildman–Crippen MR) is 96.1 cm³/mol. The Labute approximate surface area is 150 Å². The highest BCUT2D eigenvalue weighted by Crippen LogP contribution is 2.23. The molecule has 0 fully saturated rings. The van der Waals surface area contributed by atoms with Gasteiger partial charge < -0.3 is 9.47 Å². The third kappa shape index (κ3) is 5.37. The van der Waals surface area contributed by atoms with Gasteiger partial charge in [0.25, 0.3) is 5.91 Å². The van der Waals surface area contributed by atoms with Crippen molar-refractivity contribution in [1.29, 1.82) is 0 Å². The van der Waals surface area contributed by atoms with E-state index in [1.165, 1.54) is 6.21 Å². The first-order valence-corrected chi connectivity index (χ1v) is 8.21. The first-order chi connectivity index (χ1) is 11.1. The van der Waals surface area contributed by atoms with E-state index >= 15 is 0 Å². The van der Waals surface area contributed by atoms with Gasteiger partial charge in [-0.1, -0.05) is 28.1 Å². The van der Waals surface area contributed by atoms with Crippen LogP contribution >= 0.6 is 31.9 Å². The number of hydrogen-bond acceptors (Lipinski definition) is 4. The molecule has 0 unspecified atom stereocenters. The second-order valence-corrected chi connectivity index (χ2v) is 6.17. The van der Waals surface area contributed by atoms with Crippen molar-refractivity contribution in [3.63, 3.8) is 0 Å². The van der Waals surface area contributed by atoms with Crippen LogP contribution in [0.4, 0.5) is 0 Å². The molecule has 0 saturated heterocycles. The highest BCUT2D eigenvalue weighted by atomic mass is 79.9. The van der Waals surface area contributed by atoms with Gasteiger partial charge in [-0.05, 0) is 46.3 Å². The van der Waals surface area contributed by atoms with Gasteiger partial charge in [0, 0.05) is 10.0 Å². The molecule has 0 radical (unpaired) electrons. The molecule has 0 aliphatic heterocycles. The number of carbonyl (C=O) groups excluding carboxylic acids is 1. The number of nitrogens with zero attached hydrogens (tertiary/aromatic N) is 1. The summed E-state index contributed by atoms with van der Waals surface area (Å²) in [5, 5.41) is 3.91. The molecule has 7 heteroatoms. The van der Waals surface area contributed by atoms with Crippen LogP contribution in [0.15, 0.2) is 56.5 Å². The summed E-state index contributed by atoms with van der Waals surface area (Å²) in [6, 6.07) is 12.8. The number of nitrogens with one attached hydrogen (secondary N) is 1. The maximum atomic E-state index is 11.7. The molecular weight excluding hydrogens is 428 g/mol. The lowest BCUT2D eigenvalue weighted by molar-refractivity contribution is -0.123. The number of amides is 1. The van der Waals surface area contributed by atoms with Crippen molar-refractivity contribution < 1.29 is 14.3 Å². The van der Waals surface area contributed by atoms with E-state index in [0.717, 1.165) is 14.5 Å². The molecule has 0 aromatic heterocycles. The fraction of sp³-hybridized carbons (Fsp3) is 0.125. The molecule has 1 N–H and O–H groups in total. The first-order valence-electron chi connectivity index (χ1n) is 6.63. The third-order valence-electron chi connectivity index (χ3n) is 2.78. The third-order valence-corrected chi connectivity index (χ3v) is 3.93. The lowest BCUT2D eigenvalue weighted by Crippen LogP contribution is -2.24. The van der Waals surface area contributed by atoms with Crippen LogP contribution in [0.1, 0.15) is 5.56 Å². The van der Waals surface area contributed by atoms with Gasteiger partial charge in [-0.15, -0.1) is 0 Å². The zero-order valence-corrected chi connectivity index (χ0v) is 15.4. The minimum atomic E-state index is -0.356. The Bertz CT molecular complexity index is 720. The summed E-state index contributed by atoms with van der Waals surface area (Å²) < 4.78 is 12.3. The molecule has 0 aliphatic carbocycles. The Balaban J connectivity index is 1.89. The lowest BCUT2D eigenvalue weighted by atomic mass is 10.2. The minimum Gasteiger partial charge on any atom is -0.496 e. The second kappa shape index (κ2) is 8.69. The summed E-state index contributed by atoms with van der Waals surface area (Å²) >= 11 is 6.72. The highest BCUT2D eigenvalue weighted by Gasteiger charge is 2.05. The number of ether oxygens (including phenoxy) is 2. The van der Waals surface area contributed by atoms with Crippen LogP contribution in [0.5, 0.6) is 11.5 Å². The van der Waals surface area contributed by atoms with Crippen LogP contribution in [0.25, 0.3) is 0 Å². The molecular formula is C16H14Br2N2O3. The normalized spacial score (nSPS) is 10.6. The molecule has 0 spiro atoms. The summed E-state index contributed by atoms with van der Waals surface area (Å²) in [5.74, 6) is 0.905. The Morgan fingerprint density at radius 2 is 2.00 bits per heavy atom. The van der Waals surface area contributed by atoms with Gasteiger partial charge in [0.05, 0.1) is 17.8 Å². The average Bonchev–Trinajstić information content (AvgIpc) is 2.54. The monoisotopic (exact) mass is 440 g/mol. The van der Waals surface area contributed by atoms with E-state index in [2.05, 4.69) is 42.4 Å². The Hall–Kier alpha value is -1.86. The Morgan fingerprint density at radius 3 is 2.74 bits per heavy atom. The standard InChI is InChI=1S/C16H14Br2N2O3/c1-22-14-7-6-12(17)8-11(14)9-19-20-16(21)10-23-15-5-3-2-4-13(15)18/h2-9H,10H2,1H3,(H,20,21)/b19-9+. The number of carbonyl (C=O) groups is 1. The molecule has 120 valence electrons. The van der Waals surface area contributed by atoms with Crippen molar-refractivity contribution in [2.24, 2.45) is 5.10 Å². The molecule has 0 saturated carbocycles. The van der Waals surface area contributed by atoms with Crippen LogP contribution < -0.4 is 14.9 Å². The molecule has 0 aliphatic rings. The van der Waals surface area contributed by atoms with Crippen LogP contribution in [0, 0.1) is 0 Å². The summed E-state index contributed by atoms with van der Waals surface area (Å²) in [5.41, 5.74) is 3.16. The average molecular weight is 442 g/mol. The van der Waals surface area contributed by atoms with Crippen molar-refractivity contribution in [3.05, 3.63) is 57.0 Å². The summed E-state index contributed by atoms with van der Waals surface area (Å²) in [6.07, 6.45) is 1.51. The van der Waals surface area contributed by atoms with Gasteiger partial charge in [0.1, 0.15) is 11.5 Å². The maximum Gasteiger partial charge on any atom is 0.277 e. The van der Waals surface area contributed by atoms with E-state index in [-0.39, 0.29) is 12.5 Å². The number of methoxy groups -OCH3 is 1. The number of hydrogen-bond donors (Lipinski definition) is 1. The number of para-hydroxylation sites is 1. The van der Waals surface area contributed by atoms with Crippen LogP contribution in [0.3, 0.4) is 0 Å². The van der Waals surface area contributed by atoms with Crippen LogP contribution in [-0.2, 0) is 4.79 Å². The number of hydrazone groups is 1. The Kier molecular flexibility index (Phi) is 6.61. The van der Waals surface area contributed by atoms with E-state index in [0.29, 0.717) is 11.5 Å². The first kappa shape index (κ1) is 17.5. The van der Waals surface area contributed by atoms with Gasteiger partial charge in [-0.25, -0.2) is 5.43 Å². The van der Waals surface area contributed by atoms with Gasteiger partial charge >= 0.3 is 0 Å². The molecule has 0 heterocycles. The van der Waals surface area contributed by atoms with Crippen molar-refractivity contribution >= 4 is 44.0 Å². The molecule has 2 rings (SSSR count). The number of rotatable bonds is 6. The van der Waals surface area contributed by atoms with Gasteiger partial charge in [0.15, 0.2) is 6.61 Å². The maximum absolute atomic E-state index is 11.7. The number of halogens is 2. The van der Waals surface area contributed by atoms with Crippen LogP contribution in [0.2, 0.25) is 0 Å². The van der Waals surface area contributed by atoms with E-state index in [4.69, 9.17) is 9.47 Å². The van der Waals surface area contributed by atoms with Gasteiger partial charge in [-0.3, -0.25) is 4.79 Å². The lowest BCUT2D eigenvalue weighted by Gasteiger charge is -2.07. The van der Waals surface area contributed by atoms with E-state index in [9.17, 15) is 4.79 Å². The van der Waals surface area contributed by atoms with Crippen LogP contribution in [-0.4, -0.2) is 25.8 Å². The van der Waals surface area contributed by atoms with Gasteiger partial charge in [0.2, 0.25) is 0 Å². The van der Waals surface area contributed by atoms with Crippen molar-refractivity contribution in [3.8, 4) is 11.5 Å². The zero-order valence-electron chi connectivity index (χ0n) is 12.3. The SMILES string of the molecule is COc1ccc(Br)cc1/C=N/NC(=O)COc1ccccc1Br. The van der Waals surface area contributed by atoms with Crippen molar-refractivity contribution in [1.82, 2.24) is 5.43 Å². The Morgan fingerprint density at radius 1 is 1.22 bits per heavy atom. The number of benzene rings is 2. The zero-order chi connectivity index (χ0) is 16.7. The molecule has 2 aromatic carbocycles. The molecule has 2 aromatic rings. The largest absolute Gasteiger partial charge is 0.496 e. The van der Waals surface area contributed by atoms with Crippen molar-refractivity contribution in [2.75, 3.05) is 13.7 Å². The minimum absolute atomic E-state index is 0.129. The topological polar surface area (TPSA) is 59.9 Å². The summed E-state index contributed by atoms with van der Waals surface area (Å²) in [6.45, 7) is -0.129. The smallest absolute Gasteiger partial charge is 0.277 e. The van der Waals surface area contributed by atoms with E-state index < -0.39 is 0 Å². The molecule has 0 bridgehead atoms. The molecule has 23 heavy (non-hydrogen) atoms. The molecule has 1 amide bonds.